The van der Waals surface area contributed by atoms with E-state index in [9.17, 15) is 9.90 Å². The van der Waals surface area contributed by atoms with Crippen LogP contribution in [0.3, 0.4) is 0 Å². The second-order valence-electron chi connectivity index (χ2n) is 6.86. The molecule has 4 nitrogen and oxygen atoms in total. The zero-order chi connectivity index (χ0) is 18.1. The van der Waals surface area contributed by atoms with Crippen LogP contribution in [-0.4, -0.2) is 35.5 Å². The number of allylic oxidation sites excluding steroid dienone is 1. The third kappa shape index (κ3) is 7.51. The van der Waals surface area contributed by atoms with Gasteiger partial charge in [0.1, 0.15) is 6.10 Å². The third-order valence-electron chi connectivity index (χ3n) is 4.46. The monoisotopic (exact) mass is 346 g/mol. The molecule has 4 atom stereocenters. The fourth-order valence-corrected chi connectivity index (χ4v) is 2.92. The van der Waals surface area contributed by atoms with Crippen LogP contribution in [0.1, 0.15) is 57.9 Å². The lowest BCUT2D eigenvalue weighted by molar-refractivity contribution is -0.251. The van der Waals surface area contributed by atoms with Crippen molar-refractivity contribution in [3.63, 3.8) is 0 Å². The van der Waals surface area contributed by atoms with Crippen LogP contribution in [0.4, 0.5) is 0 Å². The summed E-state index contributed by atoms with van der Waals surface area (Å²) in [7, 11) is 0. The molecule has 1 aliphatic rings. The number of ether oxygens (including phenoxy) is 2. The smallest absolute Gasteiger partial charge is 0.184 e. The van der Waals surface area contributed by atoms with Crippen molar-refractivity contribution in [2.75, 3.05) is 0 Å². The van der Waals surface area contributed by atoms with Crippen LogP contribution in [0.2, 0.25) is 0 Å². The molecule has 1 aliphatic heterocycles. The first-order valence-corrected chi connectivity index (χ1v) is 9.29. The zero-order valence-electron chi connectivity index (χ0n) is 15.3. The minimum Gasteiger partial charge on any atom is -0.388 e. The van der Waals surface area contributed by atoms with Gasteiger partial charge in [0, 0.05) is 6.42 Å². The normalized spacial score (nSPS) is 25.2. The fraction of sp³-hybridized carbons (Fsp3) is 0.571. The maximum atomic E-state index is 11.9. The number of unbranched alkanes of at least 4 members (excludes halogenated alkanes) is 1. The quantitative estimate of drug-likeness (QED) is 0.540. The SMILES string of the molecule is CC(CCCCC(=O)C=Cc1ccccc1)OC1OC(C)CCC1O. The van der Waals surface area contributed by atoms with Crippen LogP contribution >= 0.6 is 0 Å². The maximum absolute atomic E-state index is 11.9. The number of benzene rings is 1. The van der Waals surface area contributed by atoms with Gasteiger partial charge in [-0.3, -0.25) is 4.79 Å². The van der Waals surface area contributed by atoms with Crippen molar-refractivity contribution in [2.45, 2.75) is 77.0 Å². The van der Waals surface area contributed by atoms with Gasteiger partial charge in [-0.05, 0) is 51.2 Å². The molecule has 1 N–H and O–H groups in total. The molecule has 25 heavy (non-hydrogen) atoms. The molecule has 138 valence electrons. The Hall–Kier alpha value is -1.49. The summed E-state index contributed by atoms with van der Waals surface area (Å²) in [6.45, 7) is 3.99. The van der Waals surface area contributed by atoms with Gasteiger partial charge < -0.3 is 14.6 Å². The van der Waals surface area contributed by atoms with E-state index in [0.717, 1.165) is 37.7 Å². The summed E-state index contributed by atoms with van der Waals surface area (Å²) in [4.78, 5) is 11.9. The van der Waals surface area contributed by atoms with Crippen LogP contribution in [-0.2, 0) is 14.3 Å². The highest BCUT2D eigenvalue weighted by atomic mass is 16.7. The maximum Gasteiger partial charge on any atom is 0.184 e. The van der Waals surface area contributed by atoms with Gasteiger partial charge in [-0.2, -0.15) is 0 Å². The van der Waals surface area contributed by atoms with Gasteiger partial charge in [-0.25, -0.2) is 0 Å². The van der Waals surface area contributed by atoms with E-state index in [1.54, 1.807) is 6.08 Å². The van der Waals surface area contributed by atoms with Crippen molar-refractivity contribution >= 4 is 11.9 Å². The lowest BCUT2D eigenvalue weighted by Gasteiger charge is -2.33. The van der Waals surface area contributed by atoms with Crippen LogP contribution in [0, 0.1) is 0 Å². The standard InChI is InChI=1S/C21H30O4/c1-16(24-21-20(23)15-12-17(2)25-21)8-6-7-11-19(22)14-13-18-9-4-3-5-10-18/h3-5,9-10,13-14,16-17,20-21,23H,6-8,11-12,15H2,1-2H3. The second-order valence-corrected chi connectivity index (χ2v) is 6.86. The summed E-state index contributed by atoms with van der Waals surface area (Å²) in [5, 5.41) is 9.93. The largest absolute Gasteiger partial charge is 0.388 e. The van der Waals surface area contributed by atoms with Crippen molar-refractivity contribution in [3.05, 3.63) is 42.0 Å². The van der Waals surface area contributed by atoms with Gasteiger partial charge >= 0.3 is 0 Å². The number of carbonyl (C=O) groups is 1. The van der Waals surface area contributed by atoms with Crippen molar-refractivity contribution in [2.24, 2.45) is 0 Å². The van der Waals surface area contributed by atoms with Crippen molar-refractivity contribution in [1.82, 2.24) is 0 Å². The Morgan fingerprint density at radius 2 is 2.08 bits per heavy atom. The Labute approximate surface area is 150 Å². The van der Waals surface area contributed by atoms with Crippen molar-refractivity contribution in [1.29, 1.82) is 0 Å². The molecule has 1 fully saturated rings. The van der Waals surface area contributed by atoms with E-state index in [1.165, 1.54) is 0 Å². The highest BCUT2D eigenvalue weighted by Crippen LogP contribution is 2.22. The minimum absolute atomic E-state index is 0.0138. The zero-order valence-corrected chi connectivity index (χ0v) is 15.3. The number of carbonyl (C=O) groups excluding carboxylic acids is 1. The van der Waals surface area contributed by atoms with E-state index in [0.29, 0.717) is 6.42 Å². The van der Waals surface area contributed by atoms with Crippen LogP contribution < -0.4 is 0 Å². The first-order valence-electron chi connectivity index (χ1n) is 9.29. The number of hydrogen-bond acceptors (Lipinski definition) is 4. The van der Waals surface area contributed by atoms with Crippen LogP contribution in [0.25, 0.3) is 6.08 Å². The summed E-state index contributed by atoms with van der Waals surface area (Å²) in [5.74, 6) is 0.150. The Morgan fingerprint density at radius 3 is 2.84 bits per heavy atom. The molecule has 0 aliphatic carbocycles. The Balaban J connectivity index is 1.60. The lowest BCUT2D eigenvalue weighted by atomic mass is 10.1. The van der Waals surface area contributed by atoms with Gasteiger partial charge in [-0.15, -0.1) is 0 Å². The molecule has 0 saturated carbocycles. The lowest BCUT2D eigenvalue weighted by Crippen LogP contribution is -2.41. The molecule has 1 saturated heterocycles. The molecule has 0 spiro atoms. The molecule has 4 unspecified atom stereocenters. The summed E-state index contributed by atoms with van der Waals surface area (Å²) >= 11 is 0. The van der Waals surface area contributed by atoms with Crippen molar-refractivity contribution in [3.8, 4) is 0 Å². The molecule has 1 aromatic carbocycles. The minimum atomic E-state index is -0.539. The molecule has 0 bridgehead atoms. The molecule has 0 aromatic heterocycles. The van der Waals surface area contributed by atoms with Gasteiger partial charge in [0.2, 0.25) is 0 Å². The molecule has 4 heteroatoms. The Morgan fingerprint density at radius 1 is 1.32 bits per heavy atom. The third-order valence-corrected chi connectivity index (χ3v) is 4.46. The summed E-state index contributed by atoms with van der Waals surface area (Å²) in [6.07, 6.45) is 7.37. The van der Waals surface area contributed by atoms with E-state index in [4.69, 9.17) is 9.47 Å². The number of hydrogen-bond donors (Lipinski definition) is 1. The van der Waals surface area contributed by atoms with E-state index in [2.05, 4.69) is 0 Å². The van der Waals surface area contributed by atoms with Crippen LogP contribution in [0.15, 0.2) is 36.4 Å². The summed E-state index contributed by atoms with van der Waals surface area (Å²) < 4.78 is 11.5. The fourth-order valence-electron chi connectivity index (χ4n) is 2.92. The molecular weight excluding hydrogens is 316 g/mol. The average Bonchev–Trinajstić information content (AvgIpc) is 2.61. The number of ketones is 1. The van der Waals surface area contributed by atoms with E-state index < -0.39 is 12.4 Å². The second kappa shape index (κ2) is 10.5. The van der Waals surface area contributed by atoms with Crippen LogP contribution in [0.5, 0.6) is 0 Å². The van der Waals surface area contributed by atoms with Gasteiger partial charge in [-0.1, -0.05) is 42.8 Å². The molecule has 1 heterocycles. The molecule has 0 amide bonds. The molecule has 2 rings (SSSR count). The molecule has 0 radical (unpaired) electrons. The Bertz CT molecular complexity index is 540. The highest BCUT2D eigenvalue weighted by molar-refractivity contribution is 5.93. The summed E-state index contributed by atoms with van der Waals surface area (Å²) in [5.41, 5.74) is 1.04. The topological polar surface area (TPSA) is 55.8 Å². The highest BCUT2D eigenvalue weighted by Gasteiger charge is 2.29. The van der Waals surface area contributed by atoms with E-state index in [1.807, 2.05) is 50.3 Å². The predicted molar refractivity (Wildman–Crippen MR) is 99.1 cm³/mol. The van der Waals surface area contributed by atoms with Gasteiger partial charge in [0.25, 0.3) is 0 Å². The number of rotatable bonds is 9. The van der Waals surface area contributed by atoms with Gasteiger partial charge in [0.15, 0.2) is 12.1 Å². The predicted octanol–water partition coefficient (Wildman–Crippen LogP) is 4.12. The van der Waals surface area contributed by atoms with Crippen molar-refractivity contribution < 1.29 is 19.4 Å². The molecular formula is C21H30O4. The average molecular weight is 346 g/mol. The summed E-state index contributed by atoms with van der Waals surface area (Å²) in [6, 6.07) is 9.83. The van der Waals surface area contributed by atoms with Gasteiger partial charge in [0.05, 0.1) is 12.2 Å². The van der Waals surface area contributed by atoms with E-state index in [-0.39, 0.29) is 18.0 Å². The van der Waals surface area contributed by atoms with E-state index >= 15 is 0 Å². The number of aliphatic hydroxyl groups excluding tert-OH is 1. The molecule has 1 aromatic rings. The first kappa shape index (κ1) is 19.8. The Kier molecular flexibility index (Phi) is 8.32. The number of aliphatic hydroxyl groups is 1. The first-order chi connectivity index (χ1) is 12.0.